The molecule has 3 fully saturated rings. The van der Waals surface area contributed by atoms with Crippen LogP contribution in [0.2, 0.25) is 0 Å². The Bertz CT molecular complexity index is 703. The summed E-state index contributed by atoms with van der Waals surface area (Å²) in [7, 11) is 0. The summed E-state index contributed by atoms with van der Waals surface area (Å²) in [6.07, 6.45) is 10.5. The van der Waals surface area contributed by atoms with Crippen LogP contribution in [-0.2, 0) is 9.59 Å². The molecule has 2 aliphatic heterocycles. The van der Waals surface area contributed by atoms with Gasteiger partial charge in [0.05, 0.1) is 24.8 Å². The molecule has 1 aromatic carbocycles. The van der Waals surface area contributed by atoms with E-state index in [0.717, 1.165) is 37.1 Å². The van der Waals surface area contributed by atoms with Crippen molar-refractivity contribution in [3.8, 4) is 5.75 Å². The first-order valence-corrected chi connectivity index (χ1v) is 11.5. The molecule has 2 saturated heterocycles. The van der Waals surface area contributed by atoms with Gasteiger partial charge >= 0.3 is 0 Å². The summed E-state index contributed by atoms with van der Waals surface area (Å²) in [5.74, 6) is 2.32. The van der Waals surface area contributed by atoms with E-state index in [9.17, 15) is 9.59 Å². The molecule has 0 spiro atoms. The van der Waals surface area contributed by atoms with Gasteiger partial charge in [-0.3, -0.25) is 14.5 Å². The van der Waals surface area contributed by atoms with E-state index in [-0.39, 0.29) is 17.9 Å². The Hall–Kier alpha value is -1.88. The van der Waals surface area contributed by atoms with Gasteiger partial charge in [-0.25, -0.2) is 4.90 Å². The fraction of sp³-hybridized carbons (Fsp3) is 0.667. The molecule has 5 nitrogen and oxygen atoms in total. The Morgan fingerprint density at radius 1 is 0.931 bits per heavy atom. The Balaban J connectivity index is 1.36. The molecule has 1 saturated carbocycles. The molecule has 0 aromatic heterocycles. The quantitative estimate of drug-likeness (QED) is 0.667. The van der Waals surface area contributed by atoms with Crippen LogP contribution < -0.4 is 9.64 Å². The van der Waals surface area contributed by atoms with Crippen LogP contribution in [-0.4, -0.2) is 42.5 Å². The molecule has 3 aliphatic rings. The smallest absolute Gasteiger partial charge is 0.251 e. The van der Waals surface area contributed by atoms with Gasteiger partial charge in [0.15, 0.2) is 0 Å². The number of nitrogens with zero attached hydrogens (tertiary/aromatic N) is 2. The zero-order valence-electron chi connectivity index (χ0n) is 17.6. The average Bonchev–Trinajstić information content (AvgIpc) is 3.07. The highest BCUT2D eigenvalue weighted by Crippen LogP contribution is 2.37. The number of amides is 2. The standard InChI is InChI=1S/C24H34N2O3/c1-2-16-29-21-10-8-20(9-11-21)26-23(27)17-22(24(26)28)25-14-12-19(13-15-25)18-6-4-3-5-7-18/h8-11,18-19,22H,2-7,12-17H2,1H3. The largest absolute Gasteiger partial charge is 0.494 e. The first-order chi connectivity index (χ1) is 14.2. The van der Waals surface area contributed by atoms with Crippen LogP contribution in [0.3, 0.4) is 0 Å². The van der Waals surface area contributed by atoms with Crippen molar-refractivity contribution in [3.05, 3.63) is 24.3 Å². The van der Waals surface area contributed by atoms with Crippen LogP contribution >= 0.6 is 0 Å². The van der Waals surface area contributed by atoms with Gasteiger partial charge < -0.3 is 4.74 Å². The van der Waals surface area contributed by atoms with E-state index < -0.39 is 0 Å². The SMILES string of the molecule is CCCOc1ccc(N2C(=O)CC(N3CCC(C4CCCCC4)CC3)C2=O)cc1. The summed E-state index contributed by atoms with van der Waals surface area (Å²) in [6.45, 7) is 4.62. The van der Waals surface area contributed by atoms with Crippen LogP contribution in [0.15, 0.2) is 24.3 Å². The van der Waals surface area contributed by atoms with Crippen molar-refractivity contribution < 1.29 is 14.3 Å². The Morgan fingerprint density at radius 3 is 2.24 bits per heavy atom. The number of rotatable bonds is 6. The van der Waals surface area contributed by atoms with E-state index in [1.54, 1.807) is 0 Å². The van der Waals surface area contributed by atoms with Crippen LogP contribution in [0, 0.1) is 11.8 Å². The average molecular weight is 399 g/mol. The topological polar surface area (TPSA) is 49.9 Å². The van der Waals surface area contributed by atoms with Gasteiger partial charge in [0.25, 0.3) is 5.91 Å². The summed E-state index contributed by atoms with van der Waals surface area (Å²) < 4.78 is 5.61. The van der Waals surface area contributed by atoms with E-state index in [2.05, 4.69) is 11.8 Å². The molecule has 1 atom stereocenters. The molecule has 1 unspecified atom stereocenters. The molecular weight excluding hydrogens is 364 g/mol. The molecule has 158 valence electrons. The third-order valence-corrected chi connectivity index (χ3v) is 7.02. The molecular formula is C24H34N2O3. The van der Waals surface area contributed by atoms with E-state index in [4.69, 9.17) is 4.74 Å². The maximum Gasteiger partial charge on any atom is 0.251 e. The molecule has 2 amide bonds. The Kier molecular flexibility index (Phi) is 6.53. The van der Waals surface area contributed by atoms with Crippen molar-refractivity contribution in [1.82, 2.24) is 4.90 Å². The van der Waals surface area contributed by atoms with Gasteiger partial charge in [-0.1, -0.05) is 39.0 Å². The van der Waals surface area contributed by atoms with E-state index >= 15 is 0 Å². The second-order valence-electron chi connectivity index (χ2n) is 8.90. The third kappa shape index (κ3) is 4.50. The minimum atomic E-state index is -0.286. The summed E-state index contributed by atoms with van der Waals surface area (Å²) in [6, 6.07) is 7.03. The summed E-state index contributed by atoms with van der Waals surface area (Å²) in [4.78, 5) is 29.4. The zero-order chi connectivity index (χ0) is 20.2. The maximum absolute atomic E-state index is 13.1. The highest BCUT2D eigenvalue weighted by atomic mass is 16.5. The van der Waals surface area contributed by atoms with Gasteiger partial charge in [-0.05, 0) is 68.5 Å². The summed E-state index contributed by atoms with van der Waals surface area (Å²) in [5, 5.41) is 0. The number of hydrogen-bond donors (Lipinski definition) is 0. The molecule has 0 bridgehead atoms. The van der Waals surface area contributed by atoms with Crippen molar-refractivity contribution in [2.24, 2.45) is 11.8 Å². The number of likely N-dealkylation sites (tertiary alicyclic amines) is 1. The van der Waals surface area contributed by atoms with Crippen molar-refractivity contribution in [3.63, 3.8) is 0 Å². The predicted octanol–water partition coefficient (Wildman–Crippen LogP) is 4.40. The summed E-state index contributed by atoms with van der Waals surface area (Å²) >= 11 is 0. The van der Waals surface area contributed by atoms with Crippen molar-refractivity contribution >= 4 is 17.5 Å². The predicted molar refractivity (Wildman–Crippen MR) is 114 cm³/mol. The lowest BCUT2D eigenvalue weighted by Crippen LogP contribution is -2.46. The van der Waals surface area contributed by atoms with Gasteiger partial charge in [0, 0.05) is 0 Å². The van der Waals surface area contributed by atoms with Crippen molar-refractivity contribution in [2.45, 2.75) is 70.8 Å². The Labute approximate surface area is 174 Å². The normalized spacial score (nSPS) is 25.0. The molecule has 0 N–H and O–H groups in total. The molecule has 1 aromatic rings. The van der Waals surface area contributed by atoms with Crippen LogP contribution in [0.25, 0.3) is 0 Å². The van der Waals surface area contributed by atoms with Crippen molar-refractivity contribution in [1.29, 1.82) is 0 Å². The van der Waals surface area contributed by atoms with Crippen LogP contribution in [0.5, 0.6) is 5.75 Å². The lowest BCUT2D eigenvalue weighted by atomic mass is 9.75. The minimum absolute atomic E-state index is 0.0617. The maximum atomic E-state index is 13.1. The van der Waals surface area contributed by atoms with Gasteiger partial charge in [-0.15, -0.1) is 0 Å². The Morgan fingerprint density at radius 2 is 1.59 bits per heavy atom. The molecule has 0 radical (unpaired) electrons. The second kappa shape index (κ2) is 9.29. The number of anilines is 1. The molecule has 29 heavy (non-hydrogen) atoms. The van der Waals surface area contributed by atoms with Gasteiger partial charge in [0.2, 0.25) is 5.91 Å². The fourth-order valence-corrected chi connectivity index (χ4v) is 5.39. The highest BCUT2D eigenvalue weighted by Gasteiger charge is 2.43. The number of ether oxygens (including phenoxy) is 1. The van der Waals surface area contributed by atoms with Gasteiger partial charge in [0.1, 0.15) is 5.75 Å². The van der Waals surface area contributed by atoms with Gasteiger partial charge in [-0.2, -0.15) is 0 Å². The first kappa shape index (κ1) is 20.4. The minimum Gasteiger partial charge on any atom is -0.494 e. The lowest BCUT2D eigenvalue weighted by Gasteiger charge is -2.39. The molecule has 2 heterocycles. The first-order valence-electron chi connectivity index (χ1n) is 11.5. The summed E-state index contributed by atoms with van der Waals surface area (Å²) in [5.41, 5.74) is 0.656. The lowest BCUT2D eigenvalue weighted by molar-refractivity contribution is -0.123. The van der Waals surface area contributed by atoms with Crippen LogP contribution in [0.1, 0.15) is 64.7 Å². The highest BCUT2D eigenvalue weighted by molar-refractivity contribution is 6.22. The zero-order valence-corrected chi connectivity index (χ0v) is 17.6. The fourth-order valence-electron chi connectivity index (χ4n) is 5.39. The third-order valence-electron chi connectivity index (χ3n) is 7.02. The van der Waals surface area contributed by atoms with E-state index in [1.807, 2.05) is 24.3 Å². The molecule has 5 heteroatoms. The number of piperidine rings is 1. The number of carbonyl (C=O) groups excluding carboxylic acids is 2. The number of imide groups is 1. The number of carbonyl (C=O) groups is 2. The monoisotopic (exact) mass is 398 g/mol. The van der Waals surface area contributed by atoms with Crippen molar-refractivity contribution in [2.75, 3.05) is 24.6 Å². The van der Waals surface area contributed by atoms with E-state index in [0.29, 0.717) is 18.7 Å². The molecule has 4 rings (SSSR count). The van der Waals surface area contributed by atoms with Crippen LogP contribution in [0.4, 0.5) is 5.69 Å². The van der Waals surface area contributed by atoms with E-state index in [1.165, 1.54) is 49.8 Å². The number of hydrogen-bond acceptors (Lipinski definition) is 4. The molecule has 1 aliphatic carbocycles. The second-order valence-corrected chi connectivity index (χ2v) is 8.90. The number of benzene rings is 1.